The van der Waals surface area contributed by atoms with Crippen LogP contribution < -0.4 is 4.74 Å². The van der Waals surface area contributed by atoms with E-state index in [9.17, 15) is 10.1 Å². The molecule has 1 saturated carbocycles. The van der Waals surface area contributed by atoms with Crippen molar-refractivity contribution in [2.75, 3.05) is 6.61 Å². The molecular formula is C17H21N5O3. The molecule has 1 aliphatic rings. The summed E-state index contributed by atoms with van der Waals surface area (Å²) in [4.78, 5) is 11.2. The number of benzene rings is 1. The Morgan fingerprint density at radius 3 is 2.92 bits per heavy atom. The van der Waals surface area contributed by atoms with Gasteiger partial charge in [0.25, 0.3) is 0 Å². The molecule has 0 spiro atoms. The maximum absolute atomic E-state index is 11.6. The maximum atomic E-state index is 11.6. The average molecular weight is 343 g/mol. The molecule has 25 heavy (non-hydrogen) atoms. The van der Waals surface area contributed by atoms with E-state index in [-0.39, 0.29) is 22.4 Å². The maximum Gasteiger partial charge on any atom is 0.311 e. The fourth-order valence-corrected chi connectivity index (χ4v) is 3.00. The predicted octanol–water partition coefficient (Wildman–Crippen LogP) is 3.29. The fourth-order valence-electron chi connectivity index (χ4n) is 3.00. The molecule has 0 saturated heterocycles. The van der Waals surface area contributed by atoms with Crippen molar-refractivity contribution in [2.24, 2.45) is 0 Å². The minimum atomic E-state index is -0.360. The molecular weight excluding hydrogens is 322 g/mol. The smallest absolute Gasteiger partial charge is 0.311 e. The standard InChI is InChI=1S/C17H21N5O3/c1-3-5-6-11-8-12(13-10-14(13)17-18-20-21-19-17)9-15(22(23)24)16(11)25-7-4-2/h3,5,8-9,13-14H,4,6-7,10H2,1-2H3,(H,18,19,20,21)/b5-3+/t13-,14-/m0/s1. The number of aromatic nitrogens is 4. The van der Waals surface area contributed by atoms with Crippen molar-refractivity contribution in [3.05, 3.63) is 51.4 Å². The molecule has 3 rings (SSSR count). The minimum absolute atomic E-state index is 0.0341. The molecule has 1 aromatic carbocycles. The van der Waals surface area contributed by atoms with E-state index in [1.165, 1.54) is 0 Å². The van der Waals surface area contributed by atoms with Gasteiger partial charge in [-0.05, 0) is 48.1 Å². The number of nitro benzene ring substituents is 1. The van der Waals surface area contributed by atoms with Crippen LogP contribution in [0.2, 0.25) is 0 Å². The highest BCUT2D eigenvalue weighted by atomic mass is 16.6. The Bertz CT molecular complexity index is 773. The van der Waals surface area contributed by atoms with Gasteiger partial charge in [-0.1, -0.05) is 25.1 Å². The van der Waals surface area contributed by atoms with Gasteiger partial charge >= 0.3 is 5.69 Å². The first kappa shape index (κ1) is 17.1. The van der Waals surface area contributed by atoms with Crippen molar-refractivity contribution in [2.45, 2.75) is 44.9 Å². The Morgan fingerprint density at radius 1 is 1.44 bits per heavy atom. The summed E-state index contributed by atoms with van der Waals surface area (Å²) in [6.07, 6.45) is 6.19. The van der Waals surface area contributed by atoms with E-state index in [1.807, 2.05) is 32.1 Å². The summed E-state index contributed by atoms with van der Waals surface area (Å²) in [6, 6.07) is 3.66. The molecule has 0 radical (unpaired) electrons. The van der Waals surface area contributed by atoms with Crippen LogP contribution in [0, 0.1) is 10.1 Å². The van der Waals surface area contributed by atoms with E-state index in [2.05, 4.69) is 20.6 Å². The van der Waals surface area contributed by atoms with Crippen molar-refractivity contribution >= 4 is 5.69 Å². The summed E-state index contributed by atoms with van der Waals surface area (Å²) in [5, 5.41) is 25.5. The molecule has 1 aromatic heterocycles. The molecule has 0 unspecified atom stereocenters. The van der Waals surface area contributed by atoms with Gasteiger partial charge in [-0.15, -0.1) is 5.10 Å². The Morgan fingerprint density at radius 2 is 2.28 bits per heavy atom. The van der Waals surface area contributed by atoms with E-state index in [1.54, 1.807) is 6.07 Å². The van der Waals surface area contributed by atoms with Gasteiger partial charge in [0.2, 0.25) is 5.75 Å². The second-order valence-corrected chi connectivity index (χ2v) is 6.14. The first-order chi connectivity index (χ1) is 12.2. The molecule has 1 N–H and O–H groups in total. The van der Waals surface area contributed by atoms with Gasteiger partial charge in [0.15, 0.2) is 5.82 Å². The molecule has 2 atom stereocenters. The van der Waals surface area contributed by atoms with Crippen LogP contribution in [0.1, 0.15) is 55.5 Å². The Hall–Kier alpha value is -2.77. The molecule has 1 aliphatic carbocycles. The van der Waals surface area contributed by atoms with Crippen molar-refractivity contribution in [1.82, 2.24) is 20.6 Å². The monoisotopic (exact) mass is 343 g/mol. The lowest BCUT2D eigenvalue weighted by molar-refractivity contribution is -0.386. The normalized spacial score (nSPS) is 19.3. The number of H-pyrrole nitrogens is 1. The number of ether oxygens (including phenoxy) is 1. The fraction of sp³-hybridized carbons (Fsp3) is 0.471. The van der Waals surface area contributed by atoms with E-state index >= 15 is 0 Å². The quantitative estimate of drug-likeness (QED) is 0.448. The van der Waals surface area contributed by atoms with Crippen LogP contribution in [0.5, 0.6) is 5.75 Å². The van der Waals surface area contributed by atoms with Gasteiger partial charge in [-0.25, -0.2) is 5.10 Å². The zero-order valence-electron chi connectivity index (χ0n) is 14.3. The molecule has 8 nitrogen and oxygen atoms in total. The van der Waals surface area contributed by atoms with Crippen LogP contribution in [-0.2, 0) is 6.42 Å². The molecule has 1 heterocycles. The predicted molar refractivity (Wildman–Crippen MR) is 91.7 cm³/mol. The van der Waals surface area contributed by atoms with Crippen molar-refractivity contribution in [3.8, 4) is 5.75 Å². The van der Waals surface area contributed by atoms with Crippen LogP contribution in [0.15, 0.2) is 24.3 Å². The number of tetrazole rings is 1. The lowest BCUT2D eigenvalue weighted by Gasteiger charge is -2.12. The SMILES string of the molecule is C/C=C/Cc1cc([C@@H]2C[C@@H]2c2nnn[nH]2)cc([N+](=O)[O-])c1OCCC. The van der Waals surface area contributed by atoms with E-state index < -0.39 is 0 Å². The number of hydrogen-bond acceptors (Lipinski definition) is 6. The second kappa shape index (κ2) is 7.42. The number of nitrogens with one attached hydrogen (secondary N) is 1. The lowest BCUT2D eigenvalue weighted by Crippen LogP contribution is -2.04. The van der Waals surface area contributed by atoms with Crippen molar-refractivity contribution in [1.29, 1.82) is 0 Å². The van der Waals surface area contributed by atoms with Crippen LogP contribution in [0.25, 0.3) is 0 Å². The average Bonchev–Trinajstić information content (AvgIpc) is 3.22. The minimum Gasteiger partial charge on any atom is -0.487 e. The van der Waals surface area contributed by atoms with Crippen LogP contribution >= 0.6 is 0 Å². The molecule has 0 aliphatic heterocycles. The second-order valence-electron chi connectivity index (χ2n) is 6.14. The lowest BCUT2D eigenvalue weighted by atomic mass is 10.0. The van der Waals surface area contributed by atoms with Gasteiger partial charge in [0.05, 0.1) is 11.5 Å². The number of nitrogens with zero attached hydrogens (tertiary/aromatic N) is 4. The Kier molecular flexibility index (Phi) is 5.06. The first-order valence-corrected chi connectivity index (χ1v) is 8.44. The third kappa shape index (κ3) is 3.67. The first-order valence-electron chi connectivity index (χ1n) is 8.44. The van der Waals surface area contributed by atoms with E-state index in [4.69, 9.17) is 4.74 Å². The third-order valence-electron chi connectivity index (χ3n) is 4.32. The van der Waals surface area contributed by atoms with Gasteiger partial charge < -0.3 is 4.74 Å². The topological polar surface area (TPSA) is 107 Å². The largest absolute Gasteiger partial charge is 0.487 e. The van der Waals surface area contributed by atoms with Crippen LogP contribution in [0.3, 0.4) is 0 Å². The number of allylic oxidation sites excluding steroid dienone is 2. The van der Waals surface area contributed by atoms with Crippen LogP contribution in [-0.4, -0.2) is 32.2 Å². The zero-order valence-corrected chi connectivity index (χ0v) is 14.3. The summed E-state index contributed by atoms with van der Waals surface area (Å²) in [5.74, 6) is 1.49. The highest BCUT2D eigenvalue weighted by Crippen LogP contribution is 2.54. The Balaban J connectivity index is 1.96. The summed E-state index contributed by atoms with van der Waals surface area (Å²) in [7, 11) is 0. The highest BCUT2D eigenvalue weighted by Gasteiger charge is 2.43. The van der Waals surface area contributed by atoms with Gasteiger partial charge in [0, 0.05) is 17.5 Å². The number of hydrogen-bond donors (Lipinski definition) is 1. The summed E-state index contributed by atoms with van der Waals surface area (Å²) in [6.45, 7) is 4.36. The van der Waals surface area contributed by atoms with E-state index in [0.717, 1.165) is 29.8 Å². The Labute approximate surface area is 145 Å². The van der Waals surface area contributed by atoms with Gasteiger partial charge in [-0.3, -0.25) is 10.1 Å². The molecule has 132 valence electrons. The third-order valence-corrected chi connectivity index (χ3v) is 4.32. The highest BCUT2D eigenvalue weighted by molar-refractivity contribution is 5.56. The van der Waals surface area contributed by atoms with E-state index in [0.29, 0.717) is 18.8 Å². The van der Waals surface area contributed by atoms with Crippen molar-refractivity contribution < 1.29 is 9.66 Å². The molecule has 8 heteroatoms. The summed E-state index contributed by atoms with van der Waals surface area (Å²) >= 11 is 0. The summed E-state index contributed by atoms with van der Waals surface area (Å²) in [5.41, 5.74) is 1.82. The zero-order chi connectivity index (χ0) is 17.8. The van der Waals surface area contributed by atoms with Gasteiger partial charge in [0.1, 0.15) is 0 Å². The number of rotatable bonds is 8. The molecule has 1 fully saturated rings. The summed E-state index contributed by atoms with van der Waals surface area (Å²) < 4.78 is 5.72. The molecule has 2 aromatic rings. The number of aromatic amines is 1. The van der Waals surface area contributed by atoms with Crippen molar-refractivity contribution in [3.63, 3.8) is 0 Å². The molecule has 0 amide bonds. The molecule has 0 bridgehead atoms. The van der Waals surface area contributed by atoms with Gasteiger partial charge in [-0.2, -0.15) is 0 Å². The van der Waals surface area contributed by atoms with Crippen LogP contribution in [0.4, 0.5) is 5.69 Å². The number of nitro groups is 1.